The fourth-order valence-corrected chi connectivity index (χ4v) is 2.81. The van der Waals surface area contributed by atoms with E-state index in [1.165, 1.54) is 6.07 Å². The molecule has 1 aromatic carbocycles. The highest BCUT2D eigenvalue weighted by Crippen LogP contribution is 2.39. The molecule has 0 saturated heterocycles. The van der Waals surface area contributed by atoms with Gasteiger partial charge in [-0.15, -0.1) is 0 Å². The van der Waals surface area contributed by atoms with Gasteiger partial charge in [0.25, 0.3) is 0 Å². The van der Waals surface area contributed by atoms with Crippen molar-refractivity contribution in [2.45, 2.75) is 44.9 Å². The van der Waals surface area contributed by atoms with Gasteiger partial charge in [-0.2, -0.15) is 8.78 Å². The predicted molar refractivity (Wildman–Crippen MR) is 90.8 cm³/mol. The molecule has 1 aliphatic heterocycles. The Kier molecular flexibility index (Phi) is 5.65. The van der Waals surface area contributed by atoms with Crippen molar-refractivity contribution < 1.29 is 28.1 Å². The van der Waals surface area contributed by atoms with Crippen LogP contribution in [0.5, 0.6) is 17.2 Å². The Bertz CT molecular complexity index is 666. The van der Waals surface area contributed by atoms with E-state index in [0.29, 0.717) is 36.1 Å². The summed E-state index contributed by atoms with van der Waals surface area (Å²) in [5.41, 5.74) is -0.243. The molecule has 0 spiro atoms. The van der Waals surface area contributed by atoms with Crippen LogP contribution in [0.4, 0.5) is 8.78 Å². The molecule has 2 aliphatic rings. The zero-order valence-electron chi connectivity index (χ0n) is 14.6. The number of aliphatic hydroxyl groups is 1. The first-order valence-electron chi connectivity index (χ1n) is 8.61. The van der Waals surface area contributed by atoms with Crippen LogP contribution in [-0.4, -0.2) is 43.2 Å². The lowest BCUT2D eigenvalue weighted by molar-refractivity contribution is -0.0505. The van der Waals surface area contributed by atoms with Crippen LogP contribution in [0.15, 0.2) is 17.1 Å². The van der Waals surface area contributed by atoms with Crippen molar-refractivity contribution in [3.63, 3.8) is 0 Å². The van der Waals surface area contributed by atoms with Gasteiger partial charge in [0.1, 0.15) is 5.75 Å². The van der Waals surface area contributed by atoms with Crippen LogP contribution >= 0.6 is 0 Å². The molecule has 0 amide bonds. The zero-order chi connectivity index (χ0) is 18.6. The summed E-state index contributed by atoms with van der Waals surface area (Å²) in [6, 6.07) is 2.98. The minimum Gasteiger partial charge on any atom is -0.454 e. The van der Waals surface area contributed by atoms with E-state index in [4.69, 9.17) is 9.47 Å². The van der Waals surface area contributed by atoms with Gasteiger partial charge in [-0.1, -0.05) is 0 Å². The maximum Gasteiger partial charge on any atom is 0.387 e. The number of guanidine groups is 1. The maximum atomic E-state index is 12.7. The molecule has 0 bridgehead atoms. The zero-order valence-corrected chi connectivity index (χ0v) is 14.6. The lowest BCUT2D eigenvalue weighted by atomic mass is 9.80. The van der Waals surface area contributed by atoms with Gasteiger partial charge in [-0.25, -0.2) is 4.99 Å². The Hall–Kier alpha value is -2.29. The number of benzene rings is 1. The SMILES string of the molecule is CCNC(=NCc1cc2c(cc1OC(F)F)OCO2)NCC1(O)CCC1. The molecule has 0 aromatic heterocycles. The van der Waals surface area contributed by atoms with Gasteiger partial charge < -0.3 is 30.0 Å². The summed E-state index contributed by atoms with van der Waals surface area (Å²) in [7, 11) is 0. The number of aliphatic imine (C=N–C) groups is 1. The van der Waals surface area contributed by atoms with E-state index >= 15 is 0 Å². The summed E-state index contributed by atoms with van der Waals surface area (Å²) in [5.74, 6) is 1.33. The van der Waals surface area contributed by atoms with Crippen LogP contribution in [0.3, 0.4) is 0 Å². The number of hydrogen-bond donors (Lipinski definition) is 3. The molecule has 1 heterocycles. The van der Waals surface area contributed by atoms with Crippen molar-refractivity contribution in [2.75, 3.05) is 19.9 Å². The Morgan fingerprint density at radius 3 is 2.65 bits per heavy atom. The molecule has 1 saturated carbocycles. The monoisotopic (exact) mass is 371 g/mol. The van der Waals surface area contributed by atoms with E-state index in [1.807, 2.05) is 6.92 Å². The molecule has 1 aliphatic carbocycles. The lowest BCUT2D eigenvalue weighted by Gasteiger charge is -2.37. The largest absolute Gasteiger partial charge is 0.454 e. The Morgan fingerprint density at radius 2 is 2.04 bits per heavy atom. The van der Waals surface area contributed by atoms with Crippen LogP contribution in [0.25, 0.3) is 0 Å². The highest BCUT2D eigenvalue weighted by molar-refractivity contribution is 5.79. The number of halogens is 2. The predicted octanol–water partition coefficient (Wildman–Crippen LogP) is 1.99. The molecule has 3 N–H and O–H groups in total. The minimum atomic E-state index is -2.95. The number of alkyl halides is 2. The van der Waals surface area contributed by atoms with E-state index in [1.54, 1.807) is 6.07 Å². The van der Waals surface area contributed by atoms with E-state index in [9.17, 15) is 13.9 Å². The van der Waals surface area contributed by atoms with Gasteiger partial charge in [0.05, 0.1) is 12.1 Å². The number of ether oxygens (including phenoxy) is 3. The first kappa shape index (κ1) is 18.5. The van der Waals surface area contributed by atoms with Crippen LogP contribution in [0, 0.1) is 0 Å². The summed E-state index contributed by atoms with van der Waals surface area (Å²) in [5, 5.41) is 16.3. The third-order valence-corrected chi connectivity index (χ3v) is 4.39. The van der Waals surface area contributed by atoms with Crippen molar-refractivity contribution in [1.29, 1.82) is 0 Å². The Balaban J connectivity index is 1.73. The molecule has 0 atom stereocenters. The molecule has 144 valence electrons. The minimum absolute atomic E-state index is 0.00136. The first-order chi connectivity index (χ1) is 12.5. The molecule has 0 radical (unpaired) electrons. The average molecular weight is 371 g/mol. The fourth-order valence-electron chi connectivity index (χ4n) is 2.81. The third kappa shape index (κ3) is 4.46. The van der Waals surface area contributed by atoms with Crippen LogP contribution in [0.2, 0.25) is 0 Å². The quantitative estimate of drug-likeness (QED) is 0.502. The third-order valence-electron chi connectivity index (χ3n) is 4.39. The fraction of sp³-hybridized carbons (Fsp3) is 0.588. The molecule has 7 nitrogen and oxygen atoms in total. The first-order valence-corrected chi connectivity index (χ1v) is 8.61. The van der Waals surface area contributed by atoms with E-state index in [0.717, 1.165) is 19.3 Å². The smallest absolute Gasteiger partial charge is 0.387 e. The van der Waals surface area contributed by atoms with Crippen molar-refractivity contribution in [1.82, 2.24) is 10.6 Å². The average Bonchev–Trinajstić information content (AvgIpc) is 3.02. The topological polar surface area (TPSA) is 84.3 Å². The normalized spacial score (nSPS) is 17.8. The van der Waals surface area contributed by atoms with E-state index < -0.39 is 12.2 Å². The Morgan fingerprint density at radius 1 is 1.31 bits per heavy atom. The standard InChI is InChI=1S/C17H23F2N3O4/c1-2-20-16(22-9-17(23)4-3-5-17)21-8-11-6-13-14(25-10-24-13)7-12(11)26-15(18)19/h6-7,15,23H,2-5,8-10H2,1H3,(H2,20,21,22). The molecule has 26 heavy (non-hydrogen) atoms. The highest BCUT2D eigenvalue weighted by atomic mass is 19.3. The highest BCUT2D eigenvalue weighted by Gasteiger charge is 2.34. The van der Waals surface area contributed by atoms with Crippen molar-refractivity contribution in [3.8, 4) is 17.2 Å². The van der Waals surface area contributed by atoms with Gasteiger partial charge in [0.2, 0.25) is 6.79 Å². The number of nitrogens with one attached hydrogen (secondary N) is 2. The summed E-state index contributed by atoms with van der Waals surface area (Å²) in [6.07, 6.45) is 2.53. The van der Waals surface area contributed by atoms with E-state index in [2.05, 4.69) is 20.4 Å². The number of hydrogen-bond acceptors (Lipinski definition) is 5. The molecule has 1 aromatic rings. The summed E-state index contributed by atoms with van der Waals surface area (Å²) >= 11 is 0. The molecule has 1 fully saturated rings. The molecular weight excluding hydrogens is 348 g/mol. The van der Waals surface area contributed by atoms with Crippen LogP contribution in [0.1, 0.15) is 31.7 Å². The van der Waals surface area contributed by atoms with Crippen molar-refractivity contribution >= 4 is 5.96 Å². The second kappa shape index (κ2) is 7.94. The molecular formula is C17H23F2N3O4. The summed E-state index contributed by atoms with van der Waals surface area (Å²) in [6.45, 7) is 0.135. The summed E-state index contributed by atoms with van der Waals surface area (Å²) in [4.78, 5) is 4.40. The van der Waals surface area contributed by atoms with Crippen LogP contribution < -0.4 is 24.8 Å². The van der Waals surface area contributed by atoms with Crippen LogP contribution in [-0.2, 0) is 6.54 Å². The molecule has 3 rings (SSSR count). The number of rotatable bonds is 7. The van der Waals surface area contributed by atoms with Gasteiger partial charge in [0.15, 0.2) is 17.5 Å². The second-order valence-electron chi connectivity index (χ2n) is 6.32. The molecule has 9 heteroatoms. The maximum absolute atomic E-state index is 12.7. The number of nitrogens with zero attached hydrogens (tertiary/aromatic N) is 1. The van der Waals surface area contributed by atoms with Gasteiger partial charge >= 0.3 is 6.61 Å². The Labute approximate surface area is 150 Å². The lowest BCUT2D eigenvalue weighted by Crippen LogP contribution is -2.50. The second-order valence-corrected chi connectivity index (χ2v) is 6.32. The van der Waals surface area contributed by atoms with Crippen molar-refractivity contribution in [3.05, 3.63) is 17.7 Å². The van der Waals surface area contributed by atoms with Gasteiger partial charge in [0, 0.05) is 24.7 Å². The van der Waals surface area contributed by atoms with Crippen molar-refractivity contribution in [2.24, 2.45) is 4.99 Å². The van der Waals surface area contributed by atoms with Gasteiger partial charge in [-0.05, 0) is 32.3 Å². The summed E-state index contributed by atoms with van der Waals surface area (Å²) < 4.78 is 40.4. The molecule has 0 unspecified atom stereocenters. The van der Waals surface area contributed by atoms with Gasteiger partial charge in [-0.3, -0.25) is 0 Å². The van der Waals surface area contributed by atoms with E-state index in [-0.39, 0.29) is 19.1 Å². The number of fused-ring (bicyclic) bond motifs is 1.